The van der Waals surface area contributed by atoms with Crippen LogP contribution >= 0.6 is 0 Å². The lowest BCUT2D eigenvalue weighted by Gasteiger charge is -2.32. The number of piperidine rings is 2. The van der Waals surface area contributed by atoms with Crippen molar-refractivity contribution in [2.24, 2.45) is 5.92 Å². The molecule has 4 N–H and O–H groups in total. The second kappa shape index (κ2) is 12.3. The van der Waals surface area contributed by atoms with E-state index < -0.39 is 11.9 Å². The van der Waals surface area contributed by atoms with Crippen LogP contribution < -0.4 is 21.3 Å². The van der Waals surface area contributed by atoms with E-state index in [4.69, 9.17) is 0 Å². The predicted molar refractivity (Wildman–Crippen MR) is 149 cm³/mol. The number of benzene rings is 2. The number of likely N-dealkylation sites (tertiary alicyclic amines) is 1. The van der Waals surface area contributed by atoms with Crippen molar-refractivity contribution >= 4 is 41.4 Å². The van der Waals surface area contributed by atoms with Gasteiger partial charge in [0.1, 0.15) is 6.04 Å². The van der Waals surface area contributed by atoms with Crippen LogP contribution in [0.2, 0.25) is 0 Å². The van der Waals surface area contributed by atoms with E-state index in [1.807, 2.05) is 12.1 Å². The highest BCUT2D eigenvalue weighted by molar-refractivity contribution is 6.06. The van der Waals surface area contributed by atoms with Gasteiger partial charge < -0.3 is 25.8 Å². The van der Waals surface area contributed by atoms with Gasteiger partial charge in [0.25, 0.3) is 11.8 Å². The van der Waals surface area contributed by atoms with Crippen molar-refractivity contribution in [3.8, 4) is 0 Å². The van der Waals surface area contributed by atoms with Crippen LogP contribution in [0, 0.1) is 5.92 Å². The Bertz CT molecular complexity index is 1290. The minimum absolute atomic E-state index is 0.137. The van der Waals surface area contributed by atoms with Crippen molar-refractivity contribution < 1.29 is 24.0 Å². The first kappa shape index (κ1) is 27.3. The Kier molecular flexibility index (Phi) is 8.40. The molecule has 1 atom stereocenters. The molecule has 0 bridgehead atoms. The highest BCUT2D eigenvalue weighted by atomic mass is 16.2. The number of hydrogen-bond donors (Lipinski definition) is 4. The molecule has 2 aromatic rings. The Balaban J connectivity index is 1.05. The fourth-order valence-electron chi connectivity index (χ4n) is 5.64. The summed E-state index contributed by atoms with van der Waals surface area (Å²) in [6.07, 6.45) is 3.25. The number of carbonyl (C=O) groups excluding carboxylic acids is 5. The highest BCUT2D eigenvalue weighted by Gasteiger charge is 2.39. The number of imide groups is 1. The Morgan fingerprint density at radius 3 is 2.52 bits per heavy atom. The van der Waals surface area contributed by atoms with Crippen molar-refractivity contribution in [3.63, 3.8) is 0 Å². The lowest BCUT2D eigenvalue weighted by Crippen LogP contribution is -2.52. The smallest absolute Gasteiger partial charge is 0.255 e. The predicted octanol–water partition coefficient (Wildman–Crippen LogP) is 1.57. The van der Waals surface area contributed by atoms with Gasteiger partial charge in [-0.25, -0.2) is 0 Å². The maximum atomic E-state index is 13.1. The fourth-order valence-corrected chi connectivity index (χ4v) is 5.64. The van der Waals surface area contributed by atoms with E-state index in [0.29, 0.717) is 48.7 Å². The van der Waals surface area contributed by atoms with Crippen molar-refractivity contribution in [1.82, 2.24) is 20.4 Å². The summed E-state index contributed by atoms with van der Waals surface area (Å²) in [5.41, 5.74) is 3.62. The van der Waals surface area contributed by atoms with Crippen molar-refractivity contribution in [3.05, 3.63) is 59.2 Å². The van der Waals surface area contributed by atoms with Crippen LogP contribution in [-0.4, -0.2) is 78.6 Å². The van der Waals surface area contributed by atoms with E-state index in [1.165, 1.54) is 0 Å². The number of nitrogens with zero attached hydrogens (tertiary/aromatic N) is 2. The molecule has 0 saturated carbocycles. The molecular formula is C29H34N6O5. The molecule has 2 saturated heterocycles. The average molecular weight is 547 g/mol. The minimum Gasteiger partial charge on any atom is -0.384 e. The summed E-state index contributed by atoms with van der Waals surface area (Å²) >= 11 is 0. The third-order valence-electron chi connectivity index (χ3n) is 7.96. The van der Waals surface area contributed by atoms with Gasteiger partial charge in [-0.2, -0.15) is 0 Å². The van der Waals surface area contributed by atoms with E-state index in [9.17, 15) is 24.0 Å². The zero-order valence-electron chi connectivity index (χ0n) is 22.3. The second-order valence-corrected chi connectivity index (χ2v) is 10.5. The molecule has 210 valence electrons. The summed E-state index contributed by atoms with van der Waals surface area (Å²) in [5, 5.41) is 11.4. The molecule has 11 heteroatoms. The molecule has 3 heterocycles. The van der Waals surface area contributed by atoms with Gasteiger partial charge in [0.05, 0.1) is 0 Å². The summed E-state index contributed by atoms with van der Waals surface area (Å²) < 4.78 is 0. The fraction of sp³-hybridized carbons (Fsp3) is 0.414. The van der Waals surface area contributed by atoms with Crippen LogP contribution in [0.15, 0.2) is 42.5 Å². The molecule has 2 fully saturated rings. The number of nitrogens with one attached hydrogen (secondary N) is 4. The first-order valence-electron chi connectivity index (χ1n) is 13.7. The van der Waals surface area contributed by atoms with Gasteiger partial charge in [-0.3, -0.25) is 29.3 Å². The quantitative estimate of drug-likeness (QED) is 0.262. The van der Waals surface area contributed by atoms with Crippen LogP contribution in [0.3, 0.4) is 0 Å². The van der Waals surface area contributed by atoms with E-state index >= 15 is 0 Å². The molecule has 3 aliphatic heterocycles. The van der Waals surface area contributed by atoms with Crippen LogP contribution in [-0.2, 0) is 20.9 Å². The zero-order valence-corrected chi connectivity index (χ0v) is 22.3. The molecule has 3 aliphatic rings. The standard InChI is InChI=1S/C29H34N6O5/c36-18-32-21-6-4-20(5-7-21)27(38)30-12-15-34-13-10-19(11-14-34)16-31-24-3-1-2-22-23(24)17-35(29(22)40)25-8-9-26(37)33-28(25)39/h1-7,18-19,25,31H,8-17H2,(H,30,38)(H,32,36)(H,33,37,39). The van der Waals surface area contributed by atoms with E-state index in [-0.39, 0.29) is 24.1 Å². The molecule has 40 heavy (non-hydrogen) atoms. The first-order chi connectivity index (χ1) is 19.4. The number of rotatable bonds is 10. The van der Waals surface area contributed by atoms with Crippen molar-refractivity contribution in [2.45, 2.75) is 38.3 Å². The number of amides is 5. The SMILES string of the molecule is O=CNc1ccc(C(=O)NCCN2CCC(CNc3cccc4c3CN(C3CCC(=O)NC3=O)C4=O)CC2)cc1. The second-order valence-electron chi connectivity index (χ2n) is 10.5. The van der Waals surface area contributed by atoms with Gasteiger partial charge in [0.2, 0.25) is 18.2 Å². The molecule has 1 unspecified atom stereocenters. The minimum atomic E-state index is -0.620. The Hall–Kier alpha value is -4.25. The number of carbonyl (C=O) groups is 5. The van der Waals surface area contributed by atoms with E-state index in [1.54, 1.807) is 35.2 Å². The molecule has 0 radical (unpaired) electrons. The topological polar surface area (TPSA) is 140 Å². The Labute approximate surface area is 232 Å². The van der Waals surface area contributed by atoms with Crippen molar-refractivity contribution in [1.29, 1.82) is 0 Å². The van der Waals surface area contributed by atoms with Gasteiger partial charge in [-0.1, -0.05) is 6.07 Å². The molecule has 5 rings (SSSR count). The van der Waals surface area contributed by atoms with Crippen LogP contribution in [0.4, 0.5) is 11.4 Å². The third kappa shape index (κ3) is 6.15. The van der Waals surface area contributed by atoms with Crippen LogP contribution in [0.1, 0.15) is 52.0 Å². The maximum Gasteiger partial charge on any atom is 0.255 e. The monoisotopic (exact) mass is 546 g/mol. The Morgan fingerprint density at radius 1 is 1.02 bits per heavy atom. The lowest BCUT2D eigenvalue weighted by molar-refractivity contribution is -0.136. The molecule has 5 amide bonds. The van der Waals surface area contributed by atoms with Gasteiger partial charge in [-0.15, -0.1) is 0 Å². The molecule has 0 aliphatic carbocycles. The molecular weight excluding hydrogens is 512 g/mol. The maximum absolute atomic E-state index is 13.1. The summed E-state index contributed by atoms with van der Waals surface area (Å²) in [5.74, 6) is -0.508. The number of anilines is 2. The number of hydrogen-bond acceptors (Lipinski definition) is 7. The van der Waals surface area contributed by atoms with Crippen LogP contribution in [0.5, 0.6) is 0 Å². The van der Waals surface area contributed by atoms with E-state index in [0.717, 1.165) is 50.3 Å². The summed E-state index contributed by atoms with van der Waals surface area (Å²) in [6.45, 7) is 4.38. The average Bonchev–Trinajstić information content (AvgIpc) is 3.29. The summed E-state index contributed by atoms with van der Waals surface area (Å²) in [4.78, 5) is 63.7. The third-order valence-corrected chi connectivity index (χ3v) is 7.96. The summed E-state index contributed by atoms with van der Waals surface area (Å²) in [6, 6.07) is 11.8. The van der Waals surface area contributed by atoms with Gasteiger partial charge in [-0.05, 0) is 74.7 Å². The van der Waals surface area contributed by atoms with E-state index in [2.05, 4.69) is 26.2 Å². The molecule has 0 aromatic heterocycles. The molecule has 0 spiro atoms. The molecule has 11 nitrogen and oxygen atoms in total. The highest BCUT2D eigenvalue weighted by Crippen LogP contribution is 2.32. The largest absolute Gasteiger partial charge is 0.384 e. The number of fused-ring (bicyclic) bond motifs is 1. The Morgan fingerprint density at radius 2 is 1.80 bits per heavy atom. The van der Waals surface area contributed by atoms with Gasteiger partial charge in [0, 0.05) is 60.7 Å². The van der Waals surface area contributed by atoms with Crippen molar-refractivity contribution in [2.75, 3.05) is 43.4 Å². The normalized spacial score (nSPS) is 19.6. The lowest BCUT2D eigenvalue weighted by atomic mass is 9.96. The van der Waals surface area contributed by atoms with Gasteiger partial charge in [0.15, 0.2) is 0 Å². The van der Waals surface area contributed by atoms with Gasteiger partial charge >= 0.3 is 0 Å². The zero-order chi connectivity index (χ0) is 28.1. The first-order valence-corrected chi connectivity index (χ1v) is 13.7. The van der Waals surface area contributed by atoms with Crippen LogP contribution in [0.25, 0.3) is 0 Å². The molecule has 2 aromatic carbocycles. The summed E-state index contributed by atoms with van der Waals surface area (Å²) in [7, 11) is 0.